The molecule has 1 saturated carbocycles. The molecule has 1 N–H and O–H groups in total. The molecule has 1 aliphatic carbocycles. The van der Waals surface area contributed by atoms with Gasteiger partial charge < -0.3 is 5.11 Å². The van der Waals surface area contributed by atoms with Gasteiger partial charge in [-0.3, -0.25) is 19.3 Å². The predicted octanol–water partition coefficient (Wildman–Crippen LogP) is 2.59. The first-order chi connectivity index (χ1) is 9.56. The van der Waals surface area contributed by atoms with Crippen LogP contribution in [0.1, 0.15) is 66.2 Å². The molecule has 21 heavy (non-hydrogen) atoms. The lowest BCUT2D eigenvalue weighted by atomic mass is 9.71. The van der Waals surface area contributed by atoms with Gasteiger partial charge in [-0.2, -0.15) is 0 Å². The number of rotatable bonds is 3. The Balaban J connectivity index is 2.38. The van der Waals surface area contributed by atoms with E-state index in [0.717, 1.165) is 32.1 Å². The molecule has 118 valence electrons. The lowest BCUT2D eigenvalue weighted by molar-refractivity contribution is -0.163. The Labute approximate surface area is 125 Å². The van der Waals surface area contributed by atoms with Crippen LogP contribution < -0.4 is 0 Å². The van der Waals surface area contributed by atoms with E-state index >= 15 is 0 Å². The molecule has 5 nitrogen and oxygen atoms in total. The third-order valence-corrected chi connectivity index (χ3v) is 5.83. The number of imide groups is 1. The molecule has 2 amide bonds. The number of aliphatic carboxylic acids is 1. The molecule has 0 aromatic rings. The molecule has 1 aliphatic heterocycles. The van der Waals surface area contributed by atoms with Crippen molar-refractivity contribution < 1.29 is 19.5 Å². The summed E-state index contributed by atoms with van der Waals surface area (Å²) < 4.78 is 0. The van der Waals surface area contributed by atoms with Gasteiger partial charge in [0.2, 0.25) is 11.8 Å². The highest BCUT2D eigenvalue weighted by Crippen LogP contribution is 2.49. The van der Waals surface area contributed by atoms with Crippen molar-refractivity contribution in [2.24, 2.45) is 10.8 Å². The predicted molar refractivity (Wildman–Crippen MR) is 77.5 cm³/mol. The average molecular weight is 295 g/mol. The zero-order chi connectivity index (χ0) is 16.1. The minimum Gasteiger partial charge on any atom is -0.481 e. The minimum atomic E-state index is -1.20. The quantitative estimate of drug-likeness (QED) is 0.812. The number of likely N-dealkylation sites (tertiary alicyclic amines) is 1. The second kappa shape index (κ2) is 4.82. The molecule has 0 radical (unpaired) electrons. The molecule has 0 aromatic heterocycles. The summed E-state index contributed by atoms with van der Waals surface area (Å²) in [6.07, 6.45) is 4.78. The van der Waals surface area contributed by atoms with Crippen molar-refractivity contribution in [2.75, 3.05) is 0 Å². The van der Waals surface area contributed by atoms with E-state index in [0.29, 0.717) is 0 Å². The molecule has 0 unspecified atom stereocenters. The van der Waals surface area contributed by atoms with Gasteiger partial charge in [-0.15, -0.1) is 0 Å². The Morgan fingerprint density at radius 1 is 1.10 bits per heavy atom. The van der Waals surface area contributed by atoms with Gasteiger partial charge in [-0.05, 0) is 40.5 Å². The van der Waals surface area contributed by atoms with Crippen molar-refractivity contribution in [3.63, 3.8) is 0 Å². The fourth-order valence-corrected chi connectivity index (χ4v) is 3.52. The zero-order valence-electron chi connectivity index (χ0n) is 13.4. The molecular weight excluding hydrogens is 270 g/mol. The summed E-state index contributed by atoms with van der Waals surface area (Å²) in [6, 6.07) is 0. The van der Waals surface area contributed by atoms with Gasteiger partial charge in [0.25, 0.3) is 0 Å². The van der Waals surface area contributed by atoms with Crippen LogP contribution in [0.15, 0.2) is 0 Å². The third-order valence-electron chi connectivity index (χ3n) is 5.83. The van der Waals surface area contributed by atoms with Gasteiger partial charge >= 0.3 is 5.97 Å². The van der Waals surface area contributed by atoms with Gasteiger partial charge in [0.05, 0.1) is 16.4 Å². The highest BCUT2D eigenvalue weighted by Gasteiger charge is 2.60. The van der Waals surface area contributed by atoms with E-state index in [2.05, 4.69) is 0 Å². The van der Waals surface area contributed by atoms with E-state index in [9.17, 15) is 19.5 Å². The van der Waals surface area contributed by atoms with Crippen LogP contribution in [0, 0.1) is 10.8 Å². The monoisotopic (exact) mass is 295 g/mol. The number of hydrogen-bond acceptors (Lipinski definition) is 3. The molecule has 1 saturated heterocycles. The van der Waals surface area contributed by atoms with Crippen molar-refractivity contribution in [2.45, 2.75) is 71.8 Å². The van der Waals surface area contributed by atoms with Crippen molar-refractivity contribution in [1.82, 2.24) is 4.90 Å². The largest absolute Gasteiger partial charge is 0.481 e. The first-order valence-electron chi connectivity index (χ1n) is 7.67. The molecule has 0 atom stereocenters. The van der Waals surface area contributed by atoms with Crippen molar-refractivity contribution >= 4 is 17.8 Å². The van der Waals surface area contributed by atoms with E-state index in [4.69, 9.17) is 0 Å². The SMILES string of the molecule is CC(C)(C(=O)O)C(C)(C)N1C(=O)CC2(CCCCC2)C1=O. The minimum absolute atomic E-state index is 0.161. The van der Waals surface area contributed by atoms with Crippen molar-refractivity contribution in [3.8, 4) is 0 Å². The molecule has 2 rings (SSSR count). The summed E-state index contributed by atoms with van der Waals surface area (Å²) in [4.78, 5) is 38.2. The molecule has 1 spiro atoms. The first-order valence-corrected chi connectivity index (χ1v) is 7.67. The lowest BCUT2D eigenvalue weighted by Crippen LogP contribution is -2.59. The van der Waals surface area contributed by atoms with Crippen molar-refractivity contribution in [1.29, 1.82) is 0 Å². The van der Waals surface area contributed by atoms with E-state index in [1.165, 1.54) is 4.90 Å². The van der Waals surface area contributed by atoms with Gasteiger partial charge in [0.15, 0.2) is 0 Å². The summed E-state index contributed by atoms with van der Waals surface area (Å²) in [6.45, 7) is 6.50. The zero-order valence-corrected chi connectivity index (χ0v) is 13.4. The van der Waals surface area contributed by atoms with Crippen molar-refractivity contribution in [3.05, 3.63) is 0 Å². The normalized spacial score (nSPS) is 23.0. The molecule has 0 aromatic carbocycles. The lowest BCUT2D eigenvalue weighted by Gasteiger charge is -2.45. The fourth-order valence-electron chi connectivity index (χ4n) is 3.52. The highest BCUT2D eigenvalue weighted by molar-refractivity contribution is 6.07. The molecule has 1 heterocycles. The van der Waals surface area contributed by atoms with Crippen LogP contribution >= 0.6 is 0 Å². The molecule has 0 bridgehead atoms. The first kappa shape index (κ1) is 16.0. The van der Waals surface area contributed by atoms with Crippen LogP contribution in [0.3, 0.4) is 0 Å². The summed E-state index contributed by atoms with van der Waals surface area (Å²) in [5.74, 6) is -1.38. The number of amides is 2. The van der Waals surface area contributed by atoms with E-state index in [1.54, 1.807) is 27.7 Å². The van der Waals surface area contributed by atoms with Crippen LogP contribution in [-0.4, -0.2) is 33.3 Å². The number of carbonyl (C=O) groups is 3. The standard InChI is InChI=1S/C16H25NO4/c1-14(2,13(20)21)15(3,4)17-11(18)10-16(12(17)19)8-6-5-7-9-16/h5-10H2,1-4H3,(H,20,21). The number of hydrogen-bond donors (Lipinski definition) is 1. The Kier molecular flexibility index (Phi) is 3.67. The second-order valence-electron chi connectivity index (χ2n) is 7.54. The van der Waals surface area contributed by atoms with E-state index in [-0.39, 0.29) is 18.2 Å². The molecular formula is C16H25NO4. The van der Waals surface area contributed by atoms with Gasteiger partial charge in [0.1, 0.15) is 0 Å². The number of carbonyl (C=O) groups excluding carboxylic acids is 2. The maximum Gasteiger partial charge on any atom is 0.311 e. The number of carboxylic acid groups (broad SMARTS) is 1. The molecule has 2 aliphatic rings. The van der Waals surface area contributed by atoms with E-state index < -0.39 is 22.3 Å². The maximum atomic E-state index is 12.9. The molecule has 2 fully saturated rings. The summed E-state index contributed by atoms with van der Waals surface area (Å²) in [5.41, 5.74) is -2.81. The fraction of sp³-hybridized carbons (Fsp3) is 0.812. The van der Waals surface area contributed by atoms with E-state index in [1.807, 2.05) is 0 Å². The van der Waals surface area contributed by atoms with Gasteiger partial charge in [-0.25, -0.2) is 0 Å². The van der Waals surface area contributed by atoms with Gasteiger partial charge in [0, 0.05) is 6.42 Å². The summed E-state index contributed by atoms with van der Waals surface area (Å²) >= 11 is 0. The Hall–Kier alpha value is -1.39. The maximum absolute atomic E-state index is 12.9. The number of nitrogens with zero attached hydrogens (tertiary/aromatic N) is 1. The topological polar surface area (TPSA) is 74.7 Å². The second-order valence-corrected chi connectivity index (χ2v) is 7.54. The van der Waals surface area contributed by atoms with Gasteiger partial charge in [-0.1, -0.05) is 19.3 Å². The Morgan fingerprint density at radius 2 is 1.62 bits per heavy atom. The Morgan fingerprint density at radius 3 is 2.10 bits per heavy atom. The Bertz CT molecular complexity index is 487. The smallest absolute Gasteiger partial charge is 0.311 e. The summed E-state index contributed by atoms with van der Waals surface area (Å²) in [7, 11) is 0. The van der Waals surface area contributed by atoms with Crippen LogP contribution in [0.25, 0.3) is 0 Å². The number of carboxylic acids is 1. The third kappa shape index (κ3) is 2.17. The highest BCUT2D eigenvalue weighted by atomic mass is 16.4. The van der Waals surface area contributed by atoms with Crippen LogP contribution in [0.2, 0.25) is 0 Å². The van der Waals surface area contributed by atoms with Crippen LogP contribution in [0.4, 0.5) is 0 Å². The van der Waals surface area contributed by atoms with Crippen LogP contribution in [0.5, 0.6) is 0 Å². The summed E-state index contributed by atoms with van der Waals surface area (Å²) in [5, 5.41) is 9.46. The van der Waals surface area contributed by atoms with Crippen LogP contribution in [-0.2, 0) is 14.4 Å². The molecule has 5 heteroatoms. The average Bonchev–Trinajstić information content (AvgIpc) is 2.61.